The maximum absolute atomic E-state index is 5.71. The van der Waals surface area contributed by atoms with Crippen molar-refractivity contribution in [3.05, 3.63) is 0 Å². The molecule has 3 aliphatic rings. The number of thiocarbonyl (C=S) groups is 1. The van der Waals surface area contributed by atoms with Crippen molar-refractivity contribution in [2.45, 2.75) is 76.3 Å². The Bertz CT molecular complexity index is 313. The quantitative estimate of drug-likeness (QED) is 0.710. The molecule has 2 nitrogen and oxygen atoms in total. The zero-order chi connectivity index (χ0) is 14.1. The third kappa shape index (κ3) is 2.58. The average Bonchev–Trinajstić information content (AvgIpc) is 2.73. The molecule has 2 unspecified atom stereocenters. The molecule has 0 spiro atoms. The van der Waals surface area contributed by atoms with E-state index in [1.807, 2.05) is 0 Å². The third-order valence-corrected chi connectivity index (χ3v) is 6.69. The van der Waals surface area contributed by atoms with Crippen LogP contribution in [-0.2, 0) is 0 Å². The van der Waals surface area contributed by atoms with Gasteiger partial charge in [0.15, 0.2) is 5.11 Å². The van der Waals surface area contributed by atoms with Crippen LogP contribution in [0.15, 0.2) is 0 Å². The van der Waals surface area contributed by atoms with E-state index in [9.17, 15) is 0 Å². The number of likely N-dealkylation sites (N-methyl/N-ethyl adjacent to an activating group) is 2. The summed E-state index contributed by atoms with van der Waals surface area (Å²) in [6, 6.07) is 1.38. The van der Waals surface area contributed by atoms with Gasteiger partial charge in [0.2, 0.25) is 0 Å². The molecule has 1 saturated heterocycles. The Kier molecular flexibility index (Phi) is 4.54. The van der Waals surface area contributed by atoms with Gasteiger partial charge in [-0.15, -0.1) is 0 Å². The van der Waals surface area contributed by atoms with Gasteiger partial charge in [-0.05, 0) is 49.7 Å². The predicted molar refractivity (Wildman–Crippen MR) is 88.9 cm³/mol. The van der Waals surface area contributed by atoms with Crippen LogP contribution in [0.5, 0.6) is 0 Å². The smallest absolute Gasteiger partial charge is 0.171 e. The molecule has 2 aliphatic carbocycles. The summed E-state index contributed by atoms with van der Waals surface area (Å²) in [6.07, 6.45) is 14.3. The number of hydrogen-bond donors (Lipinski definition) is 0. The van der Waals surface area contributed by atoms with Crippen LogP contribution in [0.4, 0.5) is 0 Å². The average molecular weight is 295 g/mol. The summed E-state index contributed by atoms with van der Waals surface area (Å²) in [5.41, 5.74) is 0. The normalized spacial score (nSPS) is 34.0. The van der Waals surface area contributed by atoms with Gasteiger partial charge in [-0.2, -0.15) is 0 Å². The molecule has 2 saturated carbocycles. The van der Waals surface area contributed by atoms with Gasteiger partial charge in [-0.1, -0.05) is 38.5 Å². The van der Waals surface area contributed by atoms with Gasteiger partial charge in [0, 0.05) is 14.1 Å². The summed E-state index contributed by atoms with van der Waals surface area (Å²) in [4.78, 5) is 4.90. The first kappa shape index (κ1) is 14.6. The second-order valence-electron chi connectivity index (χ2n) is 7.28. The predicted octanol–water partition coefficient (Wildman–Crippen LogP) is 4.05. The van der Waals surface area contributed by atoms with E-state index < -0.39 is 0 Å². The summed E-state index contributed by atoms with van der Waals surface area (Å²) in [5, 5.41) is 1.09. The number of nitrogens with zero attached hydrogens (tertiary/aromatic N) is 2. The number of rotatable bonds is 2. The van der Waals surface area contributed by atoms with Crippen molar-refractivity contribution < 1.29 is 0 Å². The highest BCUT2D eigenvalue weighted by Gasteiger charge is 2.46. The standard InChI is InChI=1S/C17H30N2S/c1-18-15(13-9-5-3-6-10-13)16(19(2)17(18)20)14-11-7-4-8-12-14/h13-16H,3-12H2,1-2H3. The molecule has 1 heterocycles. The van der Waals surface area contributed by atoms with Crippen molar-refractivity contribution in [3.8, 4) is 0 Å². The first-order chi connectivity index (χ1) is 9.70. The molecule has 0 aromatic carbocycles. The van der Waals surface area contributed by atoms with Gasteiger partial charge in [0.05, 0.1) is 12.1 Å². The van der Waals surface area contributed by atoms with E-state index in [2.05, 4.69) is 23.9 Å². The van der Waals surface area contributed by atoms with E-state index in [0.717, 1.165) is 16.9 Å². The summed E-state index contributed by atoms with van der Waals surface area (Å²) in [6.45, 7) is 0. The molecule has 0 amide bonds. The van der Waals surface area contributed by atoms with Gasteiger partial charge in [0.1, 0.15) is 0 Å². The Labute approximate surface area is 129 Å². The van der Waals surface area contributed by atoms with Crippen molar-refractivity contribution in [2.24, 2.45) is 11.8 Å². The Morgan fingerprint density at radius 1 is 0.700 bits per heavy atom. The van der Waals surface area contributed by atoms with Gasteiger partial charge in [0.25, 0.3) is 0 Å². The molecule has 3 rings (SSSR count). The van der Waals surface area contributed by atoms with Crippen LogP contribution >= 0.6 is 12.2 Å². The van der Waals surface area contributed by atoms with Crippen LogP contribution in [0.2, 0.25) is 0 Å². The van der Waals surface area contributed by atoms with Crippen molar-refractivity contribution in [2.75, 3.05) is 14.1 Å². The third-order valence-electron chi connectivity index (χ3n) is 6.11. The monoisotopic (exact) mass is 294 g/mol. The van der Waals surface area contributed by atoms with Crippen molar-refractivity contribution in [1.82, 2.24) is 9.80 Å². The molecule has 3 fully saturated rings. The molecule has 2 atom stereocenters. The maximum atomic E-state index is 5.71. The first-order valence-electron chi connectivity index (χ1n) is 8.70. The SMILES string of the molecule is CN1C(=S)N(C)C(C2CCCCC2)C1C1CCCCC1. The number of hydrogen-bond acceptors (Lipinski definition) is 1. The highest BCUT2D eigenvalue weighted by molar-refractivity contribution is 7.80. The molecular formula is C17H30N2S. The zero-order valence-electron chi connectivity index (χ0n) is 13.2. The van der Waals surface area contributed by atoms with Crippen molar-refractivity contribution in [1.29, 1.82) is 0 Å². The highest BCUT2D eigenvalue weighted by Crippen LogP contribution is 2.41. The molecule has 0 N–H and O–H groups in total. The van der Waals surface area contributed by atoms with E-state index in [0.29, 0.717) is 12.1 Å². The topological polar surface area (TPSA) is 6.48 Å². The van der Waals surface area contributed by atoms with Gasteiger partial charge in [-0.3, -0.25) is 0 Å². The van der Waals surface area contributed by atoms with Crippen LogP contribution in [0.25, 0.3) is 0 Å². The highest BCUT2D eigenvalue weighted by atomic mass is 32.1. The fraction of sp³-hybridized carbons (Fsp3) is 0.941. The van der Waals surface area contributed by atoms with Crippen LogP contribution in [0, 0.1) is 11.8 Å². The molecule has 114 valence electrons. The lowest BCUT2D eigenvalue weighted by molar-refractivity contribution is 0.122. The molecule has 0 bridgehead atoms. The lowest BCUT2D eigenvalue weighted by atomic mass is 9.74. The van der Waals surface area contributed by atoms with Crippen LogP contribution in [0.1, 0.15) is 64.2 Å². The Hall–Kier alpha value is -0.310. The van der Waals surface area contributed by atoms with E-state index in [1.54, 1.807) is 0 Å². The van der Waals surface area contributed by atoms with Crippen LogP contribution in [0.3, 0.4) is 0 Å². The molecule has 3 heteroatoms. The Morgan fingerprint density at radius 3 is 1.40 bits per heavy atom. The minimum Gasteiger partial charge on any atom is -0.347 e. The fourth-order valence-electron chi connectivity index (χ4n) is 5.10. The van der Waals surface area contributed by atoms with E-state index in [1.165, 1.54) is 64.2 Å². The first-order valence-corrected chi connectivity index (χ1v) is 9.10. The zero-order valence-corrected chi connectivity index (χ0v) is 14.0. The lowest BCUT2D eigenvalue weighted by Crippen LogP contribution is -2.46. The van der Waals surface area contributed by atoms with Crippen molar-refractivity contribution >= 4 is 17.3 Å². The molecule has 1 aliphatic heterocycles. The summed E-state index contributed by atoms with van der Waals surface area (Å²) in [5.74, 6) is 1.76. The Balaban J connectivity index is 1.80. The van der Waals surface area contributed by atoms with Gasteiger partial charge >= 0.3 is 0 Å². The summed E-state index contributed by atoms with van der Waals surface area (Å²) >= 11 is 5.71. The maximum Gasteiger partial charge on any atom is 0.171 e. The molecular weight excluding hydrogens is 264 g/mol. The summed E-state index contributed by atoms with van der Waals surface area (Å²) < 4.78 is 0. The molecule has 0 aromatic rings. The van der Waals surface area contributed by atoms with Gasteiger partial charge < -0.3 is 9.80 Å². The largest absolute Gasteiger partial charge is 0.347 e. The lowest BCUT2D eigenvalue weighted by Gasteiger charge is -2.40. The van der Waals surface area contributed by atoms with E-state index in [4.69, 9.17) is 12.2 Å². The van der Waals surface area contributed by atoms with Crippen LogP contribution in [-0.4, -0.2) is 41.1 Å². The Morgan fingerprint density at radius 2 is 1.05 bits per heavy atom. The summed E-state index contributed by atoms with van der Waals surface area (Å²) in [7, 11) is 4.50. The van der Waals surface area contributed by atoms with E-state index in [-0.39, 0.29) is 0 Å². The molecule has 0 aromatic heterocycles. The second kappa shape index (κ2) is 6.21. The minimum atomic E-state index is 0.691. The second-order valence-corrected chi connectivity index (χ2v) is 7.65. The van der Waals surface area contributed by atoms with Crippen LogP contribution < -0.4 is 0 Å². The molecule has 0 radical (unpaired) electrons. The van der Waals surface area contributed by atoms with Gasteiger partial charge in [-0.25, -0.2) is 0 Å². The minimum absolute atomic E-state index is 0.691. The van der Waals surface area contributed by atoms with Crippen molar-refractivity contribution in [3.63, 3.8) is 0 Å². The fourth-order valence-corrected chi connectivity index (χ4v) is 5.35. The molecule has 20 heavy (non-hydrogen) atoms. The van der Waals surface area contributed by atoms with E-state index >= 15 is 0 Å².